The van der Waals surface area contributed by atoms with Crippen LogP contribution >= 0.6 is 0 Å². The third-order valence-corrected chi connectivity index (χ3v) is 2.59. The number of benzene rings is 1. The van der Waals surface area contributed by atoms with Crippen LogP contribution in [0.5, 0.6) is 0 Å². The molecule has 108 valence electrons. The van der Waals surface area contributed by atoms with Crippen LogP contribution in [0, 0.1) is 0 Å². The number of aromatic nitrogens is 1. The maximum Gasteiger partial charge on any atom is 0.412 e. The molecule has 2 rings (SSSR count). The zero-order chi connectivity index (χ0) is 15.2. The molecule has 0 fully saturated rings. The van der Waals surface area contributed by atoms with Gasteiger partial charge < -0.3 is 14.8 Å². The van der Waals surface area contributed by atoms with Crippen molar-refractivity contribution in [1.29, 1.82) is 0 Å². The van der Waals surface area contributed by atoms with Crippen LogP contribution in [-0.4, -0.2) is 22.2 Å². The van der Waals surface area contributed by atoms with Crippen molar-refractivity contribution < 1.29 is 19.4 Å². The van der Waals surface area contributed by atoms with E-state index in [0.29, 0.717) is 0 Å². The van der Waals surface area contributed by atoms with E-state index in [0.717, 1.165) is 5.56 Å². The molecule has 0 spiro atoms. The third kappa shape index (κ3) is 3.93. The standard InChI is InChI=1S/C14H12N2O5/c17-12-10(6-7-11(15-12)13(18)19)16-14(20)21-8-9-4-2-1-3-5-9/h1-7H,8H2,(H,15,17)(H,16,20)(H,18,19). The molecule has 0 aliphatic heterocycles. The number of anilines is 1. The van der Waals surface area contributed by atoms with Crippen molar-refractivity contribution in [3.8, 4) is 0 Å². The van der Waals surface area contributed by atoms with E-state index in [4.69, 9.17) is 9.84 Å². The quantitative estimate of drug-likeness (QED) is 0.795. The number of H-pyrrole nitrogens is 1. The predicted octanol–water partition coefficient (Wildman–Crippen LogP) is 1.82. The molecule has 0 aliphatic rings. The normalized spacial score (nSPS) is 9.90. The fourth-order valence-corrected chi connectivity index (χ4v) is 1.57. The number of carboxylic acid groups (broad SMARTS) is 1. The van der Waals surface area contributed by atoms with E-state index in [-0.39, 0.29) is 18.0 Å². The largest absolute Gasteiger partial charge is 0.477 e. The highest BCUT2D eigenvalue weighted by atomic mass is 16.5. The second kappa shape index (κ2) is 6.38. The minimum absolute atomic E-state index is 0.0672. The molecule has 0 saturated carbocycles. The summed E-state index contributed by atoms with van der Waals surface area (Å²) < 4.78 is 4.95. The number of amides is 1. The zero-order valence-corrected chi connectivity index (χ0v) is 10.8. The van der Waals surface area contributed by atoms with E-state index in [1.807, 2.05) is 18.2 Å². The van der Waals surface area contributed by atoms with Gasteiger partial charge in [0, 0.05) is 0 Å². The molecule has 0 radical (unpaired) electrons. The third-order valence-electron chi connectivity index (χ3n) is 2.59. The number of carbonyl (C=O) groups excluding carboxylic acids is 1. The van der Waals surface area contributed by atoms with Gasteiger partial charge in [0.15, 0.2) is 0 Å². The fourth-order valence-electron chi connectivity index (χ4n) is 1.57. The molecular formula is C14H12N2O5. The molecule has 2 aromatic rings. The van der Waals surface area contributed by atoms with Gasteiger partial charge in [0.2, 0.25) is 0 Å². The van der Waals surface area contributed by atoms with Crippen molar-refractivity contribution in [3.05, 3.63) is 64.1 Å². The van der Waals surface area contributed by atoms with Gasteiger partial charge in [0.25, 0.3) is 5.56 Å². The number of carboxylic acids is 1. The summed E-state index contributed by atoms with van der Waals surface area (Å²) in [4.78, 5) is 35.9. The fraction of sp³-hybridized carbons (Fsp3) is 0.0714. The van der Waals surface area contributed by atoms with E-state index in [2.05, 4.69) is 10.3 Å². The van der Waals surface area contributed by atoms with E-state index in [9.17, 15) is 14.4 Å². The van der Waals surface area contributed by atoms with Gasteiger partial charge in [-0.3, -0.25) is 10.1 Å². The van der Waals surface area contributed by atoms with Crippen molar-refractivity contribution in [1.82, 2.24) is 4.98 Å². The van der Waals surface area contributed by atoms with Crippen molar-refractivity contribution in [2.24, 2.45) is 0 Å². The lowest BCUT2D eigenvalue weighted by molar-refractivity contribution is 0.0690. The number of nitrogens with one attached hydrogen (secondary N) is 2. The summed E-state index contributed by atoms with van der Waals surface area (Å²) in [6.07, 6.45) is -0.799. The highest BCUT2D eigenvalue weighted by molar-refractivity contribution is 5.87. The average Bonchev–Trinajstić information content (AvgIpc) is 2.48. The lowest BCUT2D eigenvalue weighted by atomic mass is 10.2. The topological polar surface area (TPSA) is 108 Å². The highest BCUT2D eigenvalue weighted by Gasteiger charge is 2.10. The summed E-state index contributed by atoms with van der Waals surface area (Å²) >= 11 is 0. The SMILES string of the molecule is O=C(Nc1ccc(C(=O)O)[nH]c1=O)OCc1ccccc1. The lowest BCUT2D eigenvalue weighted by Crippen LogP contribution is -2.22. The zero-order valence-electron chi connectivity index (χ0n) is 10.8. The van der Waals surface area contributed by atoms with Crippen LogP contribution in [0.3, 0.4) is 0 Å². The van der Waals surface area contributed by atoms with Crippen molar-refractivity contribution in [2.45, 2.75) is 6.61 Å². The Balaban J connectivity index is 1.97. The Morgan fingerprint density at radius 1 is 1.14 bits per heavy atom. The van der Waals surface area contributed by atoms with Gasteiger partial charge in [-0.1, -0.05) is 30.3 Å². The second-order valence-corrected chi connectivity index (χ2v) is 4.11. The summed E-state index contributed by atoms with van der Waals surface area (Å²) in [5.74, 6) is -1.26. The molecule has 3 N–H and O–H groups in total. The Morgan fingerprint density at radius 2 is 1.86 bits per heavy atom. The first-order valence-corrected chi connectivity index (χ1v) is 6.00. The first-order valence-electron chi connectivity index (χ1n) is 6.00. The van der Waals surface area contributed by atoms with Gasteiger partial charge in [0.05, 0.1) is 0 Å². The number of ether oxygens (including phenoxy) is 1. The molecule has 0 bridgehead atoms. The number of hydrogen-bond donors (Lipinski definition) is 3. The summed E-state index contributed by atoms with van der Waals surface area (Å²) in [6, 6.07) is 11.4. The number of aromatic carboxylic acids is 1. The number of pyridine rings is 1. The smallest absolute Gasteiger partial charge is 0.412 e. The molecule has 0 aliphatic carbocycles. The number of carbonyl (C=O) groups is 2. The molecule has 1 aromatic heterocycles. The molecule has 0 saturated heterocycles. The first kappa shape index (κ1) is 14.3. The van der Waals surface area contributed by atoms with Gasteiger partial charge in [-0.25, -0.2) is 9.59 Å². The summed E-state index contributed by atoms with van der Waals surface area (Å²) in [5.41, 5.74) is -0.254. The summed E-state index contributed by atoms with van der Waals surface area (Å²) in [6.45, 7) is 0.0672. The van der Waals surface area contributed by atoms with Crippen LogP contribution in [0.4, 0.5) is 10.5 Å². The van der Waals surface area contributed by atoms with Crippen LogP contribution in [0.1, 0.15) is 16.1 Å². The number of rotatable bonds is 4. The Kier molecular flexibility index (Phi) is 4.35. The average molecular weight is 288 g/mol. The van der Waals surface area contributed by atoms with Crippen LogP contribution in [0.2, 0.25) is 0 Å². The molecule has 1 heterocycles. The number of hydrogen-bond acceptors (Lipinski definition) is 4. The minimum Gasteiger partial charge on any atom is -0.477 e. The maximum atomic E-state index is 11.6. The monoisotopic (exact) mass is 288 g/mol. The second-order valence-electron chi connectivity index (χ2n) is 4.11. The highest BCUT2D eigenvalue weighted by Crippen LogP contribution is 2.04. The molecule has 7 nitrogen and oxygen atoms in total. The van der Waals surface area contributed by atoms with Crippen molar-refractivity contribution in [3.63, 3.8) is 0 Å². The van der Waals surface area contributed by atoms with Crippen LogP contribution in [0.15, 0.2) is 47.3 Å². The van der Waals surface area contributed by atoms with Crippen LogP contribution < -0.4 is 10.9 Å². The van der Waals surface area contributed by atoms with E-state index in [1.54, 1.807) is 12.1 Å². The van der Waals surface area contributed by atoms with E-state index >= 15 is 0 Å². The minimum atomic E-state index is -1.26. The van der Waals surface area contributed by atoms with Crippen LogP contribution in [-0.2, 0) is 11.3 Å². The lowest BCUT2D eigenvalue weighted by Gasteiger charge is -2.06. The van der Waals surface area contributed by atoms with Crippen molar-refractivity contribution in [2.75, 3.05) is 5.32 Å². The van der Waals surface area contributed by atoms with Gasteiger partial charge in [-0.15, -0.1) is 0 Å². The Hall–Kier alpha value is -3.09. The molecular weight excluding hydrogens is 276 g/mol. The molecule has 7 heteroatoms. The molecule has 0 unspecified atom stereocenters. The molecule has 1 aromatic carbocycles. The maximum absolute atomic E-state index is 11.6. The first-order chi connectivity index (χ1) is 10.1. The van der Waals surface area contributed by atoms with Crippen molar-refractivity contribution >= 4 is 17.7 Å². The van der Waals surface area contributed by atoms with Gasteiger partial charge in [-0.05, 0) is 17.7 Å². The van der Waals surface area contributed by atoms with E-state index < -0.39 is 17.6 Å². The molecule has 0 atom stereocenters. The van der Waals surface area contributed by atoms with E-state index in [1.165, 1.54) is 12.1 Å². The summed E-state index contributed by atoms with van der Waals surface area (Å²) in [7, 11) is 0. The Labute approximate surface area is 119 Å². The number of aromatic amines is 1. The Morgan fingerprint density at radius 3 is 2.48 bits per heavy atom. The Bertz CT molecular complexity index is 709. The van der Waals surface area contributed by atoms with Gasteiger partial charge >= 0.3 is 12.1 Å². The molecule has 1 amide bonds. The van der Waals surface area contributed by atoms with Gasteiger partial charge in [0.1, 0.15) is 18.0 Å². The molecule has 21 heavy (non-hydrogen) atoms. The summed E-state index contributed by atoms with van der Waals surface area (Å²) in [5, 5.41) is 11.0. The predicted molar refractivity (Wildman–Crippen MR) is 74.3 cm³/mol. The van der Waals surface area contributed by atoms with Gasteiger partial charge in [-0.2, -0.15) is 0 Å². The van der Waals surface area contributed by atoms with Crippen LogP contribution in [0.25, 0.3) is 0 Å².